The van der Waals surface area contributed by atoms with Crippen LogP contribution in [-0.4, -0.2) is 37.6 Å². The zero-order valence-electron chi connectivity index (χ0n) is 19.9. The van der Waals surface area contributed by atoms with Crippen LogP contribution < -0.4 is 4.74 Å². The van der Waals surface area contributed by atoms with Crippen LogP contribution in [0.3, 0.4) is 0 Å². The summed E-state index contributed by atoms with van der Waals surface area (Å²) in [6, 6.07) is 7.86. The molecule has 1 aromatic carbocycles. The molecule has 0 spiro atoms. The van der Waals surface area contributed by atoms with Gasteiger partial charge in [-0.15, -0.1) is 6.58 Å². The fourth-order valence-electron chi connectivity index (χ4n) is 3.34. The van der Waals surface area contributed by atoms with Crippen LogP contribution in [0.4, 0.5) is 0 Å². The maximum absolute atomic E-state index is 9.74. The summed E-state index contributed by atoms with van der Waals surface area (Å²) in [5, 5.41) is 9.74. The molecule has 0 fully saturated rings. The van der Waals surface area contributed by atoms with E-state index >= 15 is 0 Å². The number of rotatable bonds is 17. The maximum atomic E-state index is 9.74. The molecule has 0 saturated heterocycles. The minimum atomic E-state index is -0.201. The van der Waals surface area contributed by atoms with Gasteiger partial charge in [-0.25, -0.2) is 0 Å². The predicted molar refractivity (Wildman–Crippen MR) is 129 cm³/mol. The Morgan fingerprint density at radius 2 is 1.84 bits per heavy atom. The van der Waals surface area contributed by atoms with Crippen molar-refractivity contribution < 1.29 is 19.3 Å². The Morgan fingerprint density at radius 1 is 1.10 bits per heavy atom. The summed E-state index contributed by atoms with van der Waals surface area (Å²) in [5.74, 6) is 1.41. The first-order valence-corrected chi connectivity index (χ1v) is 11.3. The highest BCUT2D eigenvalue weighted by Crippen LogP contribution is 2.20. The lowest BCUT2D eigenvalue weighted by Crippen LogP contribution is -2.26. The van der Waals surface area contributed by atoms with Crippen molar-refractivity contribution in [2.24, 2.45) is 5.92 Å². The third-order valence-corrected chi connectivity index (χ3v) is 5.10. The number of aliphatic hydroxyl groups excluding tert-OH is 1. The molecule has 3 atom stereocenters. The van der Waals surface area contributed by atoms with Crippen molar-refractivity contribution >= 4 is 0 Å². The molecule has 4 heteroatoms. The maximum Gasteiger partial charge on any atom is 0.118 e. The van der Waals surface area contributed by atoms with Gasteiger partial charge in [-0.2, -0.15) is 0 Å². The highest BCUT2D eigenvalue weighted by molar-refractivity contribution is 5.26. The molecule has 174 valence electrons. The number of ether oxygens (including phenoxy) is 3. The SMILES string of the molecule is C=CC[C@@H](C[C@@H](C)CCC=C(C)C)O[C@@H](CO)C/C=C\COCc1ccc(OC)cc1. The molecule has 1 N–H and O–H groups in total. The Bertz CT molecular complexity index is 644. The van der Waals surface area contributed by atoms with Crippen LogP contribution in [0.5, 0.6) is 5.75 Å². The van der Waals surface area contributed by atoms with E-state index in [9.17, 15) is 5.11 Å². The van der Waals surface area contributed by atoms with E-state index in [0.29, 0.717) is 25.6 Å². The first-order valence-electron chi connectivity index (χ1n) is 11.3. The van der Waals surface area contributed by atoms with Gasteiger partial charge in [0.1, 0.15) is 5.75 Å². The van der Waals surface area contributed by atoms with E-state index in [4.69, 9.17) is 14.2 Å². The number of methoxy groups -OCH3 is 1. The second kappa shape index (κ2) is 16.8. The summed E-state index contributed by atoms with van der Waals surface area (Å²) in [7, 11) is 1.66. The van der Waals surface area contributed by atoms with Crippen LogP contribution in [0.2, 0.25) is 0 Å². The van der Waals surface area contributed by atoms with Gasteiger partial charge in [-0.1, -0.05) is 48.9 Å². The standard InChI is InChI=1S/C27H42O4/c1-6-10-26(19-23(4)12-9-11-22(2)3)31-27(20-28)13-7-8-18-30-21-24-14-16-25(29-5)17-15-24/h6-8,11,14-17,23,26-28H,1,9-10,12-13,18-21H2,2-5H3/b8-7-/t23-,26-,27+/m0/s1. The van der Waals surface area contributed by atoms with E-state index in [1.165, 1.54) is 5.57 Å². The van der Waals surface area contributed by atoms with Crippen LogP contribution >= 0.6 is 0 Å². The smallest absolute Gasteiger partial charge is 0.118 e. The molecule has 0 heterocycles. The molecule has 0 aliphatic rings. The van der Waals surface area contributed by atoms with Gasteiger partial charge in [0.05, 0.1) is 39.1 Å². The highest BCUT2D eigenvalue weighted by Gasteiger charge is 2.17. The lowest BCUT2D eigenvalue weighted by atomic mass is 9.96. The molecule has 31 heavy (non-hydrogen) atoms. The van der Waals surface area contributed by atoms with Crippen molar-refractivity contribution in [3.8, 4) is 5.75 Å². The second-order valence-electron chi connectivity index (χ2n) is 8.36. The fraction of sp³-hybridized carbons (Fsp3) is 0.556. The molecular weight excluding hydrogens is 388 g/mol. The summed E-state index contributed by atoms with van der Waals surface area (Å²) in [6.45, 7) is 11.5. The van der Waals surface area contributed by atoms with Gasteiger partial charge in [0.2, 0.25) is 0 Å². The van der Waals surface area contributed by atoms with Crippen LogP contribution in [0.1, 0.15) is 58.4 Å². The highest BCUT2D eigenvalue weighted by atomic mass is 16.5. The first kappa shape index (κ1) is 27.2. The van der Waals surface area contributed by atoms with Crippen molar-refractivity contribution in [3.05, 3.63) is 66.3 Å². The lowest BCUT2D eigenvalue weighted by molar-refractivity contribution is -0.0446. The van der Waals surface area contributed by atoms with E-state index in [2.05, 4.69) is 33.4 Å². The van der Waals surface area contributed by atoms with Crippen molar-refractivity contribution in [3.63, 3.8) is 0 Å². The molecular formula is C27H42O4. The van der Waals surface area contributed by atoms with Gasteiger partial charge < -0.3 is 19.3 Å². The second-order valence-corrected chi connectivity index (χ2v) is 8.36. The van der Waals surface area contributed by atoms with Crippen molar-refractivity contribution in [2.75, 3.05) is 20.3 Å². The summed E-state index contributed by atoms with van der Waals surface area (Å²) in [5.41, 5.74) is 2.47. The Labute approximate surface area is 189 Å². The van der Waals surface area contributed by atoms with Crippen LogP contribution in [-0.2, 0) is 16.1 Å². The Balaban J connectivity index is 2.35. The topological polar surface area (TPSA) is 47.9 Å². The zero-order chi connectivity index (χ0) is 22.9. The van der Waals surface area contributed by atoms with Crippen molar-refractivity contribution in [1.82, 2.24) is 0 Å². The normalized spacial score (nSPS) is 14.2. The molecule has 0 amide bonds. The van der Waals surface area contributed by atoms with E-state index in [-0.39, 0.29) is 18.8 Å². The molecule has 0 aliphatic heterocycles. The molecule has 0 unspecified atom stereocenters. The Kier molecular flexibility index (Phi) is 14.7. The van der Waals surface area contributed by atoms with E-state index < -0.39 is 0 Å². The van der Waals surface area contributed by atoms with Gasteiger partial charge in [-0.05, 0) is 69.6 Å². The van der Waals surface area contributed by atoms with Gasteiger partial charge in [-0.3, -0.25) is 0 Å². The number of hydrogen-bond donors (Lipinski definition) is 1. The van der Waals surface area contributed by atoms with Crippen LogP contribution in [0, 0.1) is 5.92 Å². The average molecular weight is 431 g/mol. The van der Waals surface area contributed by atoms with Gasteiger partial charge in [0, 0.05) is 0 Å². The molecule has 1 rings (SSSR count). The van der Waals surface area contributed by atoms with E-state index in [1.807, 2.05) is 42.5 Å². The van der Waals surface area contributed by atoms with Crippen molar-refractivity contribution in [1.29, 1.82) is 0 Å². The number of allylic oxidation sites excluding steroid dienone is 2. The number of hydrogen-bond acceptors (Lipinski definition) is 4. The molecule has 4 nitrogen and oxygen atoms in total. The molecule has 0 aromatic heterocycles. The monoisotopic (exact) mass is 430 g/mol. The average Bonchev–Trinajstić information content (AvgIpc) is 2.75. The lowest BCUT2D eigenvalue weighted by Gasteiger charge is -2.25. The van der Waals surface area contributed by atoms with Crippen molar-refractivity contribution in [2.45, 2.75) is 71.7 Å². The molecule has 0 aliphatic carbocycles. The molecule has 0 bridgehead atoms. The number of aliphatic hydroxyl groups is 1. The summed E-state index contributed by atoms with van der Waals surface area (Å²) in [4.78, 5) is 0. The molecule has 0 radical (unpaired) electrons. The minimum absolute atomic E-state index is 0.0108. The summed E-state index contributed by atoms with van der Waals surface area (Å²) < 4.78 is 17.0. The van der Waals surface area contributed by atoms with E-state index in [0.717, 1.165) is 37.0 Å². The molecule has 1 aromatic rings. The predicted octanol–water partition coefficient (Wildman–Crippen LogP) is 6.25. The minimum Gasteiger partial charge on any atom is -0.497 e. The Hall–Kier alpha value is -1.88. The van der Waals surface area contributed by atoms with Gasteiger partial charge in [0.15, 0.2) is 0 Å². The third-order valence-electron chi connectivity index (χ3n) is 5.10. The summed E-state index contributed by atoms with van der Waals surface area (Å²) in [6.07, 6.45) is 12.8. The van der Waals surface area contributed by atoms with E-state index in [1.54, 1.807) is 7.11 Å². The zero-order valence-corrected chi connectivity index (χ0v) is 19.9. The largest absolute Gasteiger partial charge is 0.497 e. The third kappa shape index (κ3) is 13.2. The first-order chi connectivity index (χ1) is 15.0. The quantitative estimate of drug-likeness (QED) is 0.234. The molecule has 0 saturated carbocycles. The van der Waals surface area contributed by atoms with Gasteiger partial charge >= 0.3 is 0 Å². The Morgan fingerprint density at radius 3 is 2.45 bits per heavy atom. The number of benzene rings is 1. The fourth-order valence-corrected chi connectivity index (χ4v) is 3.34. The van der Waals surface area contributed by atoms with Crippen LogP contribution in [0.25, 0.3) is 0 Å². The summed E-state index contributed by atoms with van der Waals surface area (Å²) >= 11 is 0. The van der Waals surface area contributed by atoms with Crippen LogP contribution in [0.15, 0.2) is 60.7 Å². The van der Waals surface area contributed by atoms with Gasteiger partial charge in [0.25, 0.3) is 0 Å².